The van der Waals surface area contributed by atoms with Gasteiger partial charge in [0, 0.05) is 7.05 Å². The van der Waals surface area contributed by atoms with Crippen molar-refractivity contribution < 1.29 is 4.79 Å². The molecule has 1 aromatic heterocycles. The van der Waals surface area contributed by atoms with Crippen molar-refractivity contribution in [1.29, 1.82) is 0 Å². The van der Waals surface area contributed by atoms with Gasteiger partial charge in [-0.15, -0.1) is 0 Å². The van der Waals surface area contributed by atoms with E-state index in [-0.39, 0.29) is 5.91 Å². The highest BCUT2D eigenvalue weighted by atomic mass is 32.1. The molecular weight excluding hydrogens is 304 g/mol. The summed E-state index contributed by atoms with van der Waals surface area (Å²) in [5, 5.41) is 0. The minimum absolute atomic E-state index is 0.106. The maximum absolute atomic E-state index is 12.3. The van der Waals surface area contributed by atoms with Crippen molar-refractivity contribution in [3.8, 4) is 0 Å². The first-order chi connectivity index (χ1) is 11.0. The highest BCUT2D eigenvalue weighted by molar-refractivity contribution is 7.16. The Kier molecular flexibility index (Phi) is 4.18. The molecule has 1 heterocycles. The molecule has 0 bridgehead atoms. The maximum atomic E-state index is 12.3. The van der Waals surface area contributed by atoms with Gasteiger partial charge in [-0.05, 0) is 43.5 Å². The summed E-state index contributed by atoms with van der Waals surface area (Å²) in [7, 11) is 1.98. The van der Waals surface area contributed by atoms with E-state index in [0.717, 1.165) is 20.6 Å². The van der Waals surface area contributed by atoms with Crippen LogP contribution in [0.5, 0.6) is 0 Å². The lowest BCUT2D eigenvalue weighted by molar-refractivity contribution is -0.117. The molecule has 3 rings (SSSR count). The second-order valence-corrected chi connectivity index (χ2v) is 6.97. The number of carbonyl (C=O) groups excluding carboxylic acids is 1. The lowest BCUT2D eigenvalue weighted by atomic mass is 10.1. The van der Waals surface area contributed by atoms with E-state index < -0.39 is 0 Å². The summed E-state index contributed by atoms with van der Waals surface area (Å²) < 4.78 is 3.19. The Bertz CT molecular complexity index is 946. The van der Waals surface area contributed by atoms with Crippen LogP contribution in [-0.2, 0) is 18.3 Å². The van der Waals surface area contributed by atoms with Crippen LogP contribution in [0.1, 0.15) is 22.3 Å². The number of hydrogen-bond acceptors (Lipinski definition) is 2. The van der Waals surface area contributed by atoms with Gasteiger partial charge in [0.25, 0.3) is 5.91 Å². The normalized spacial score (nSPS) is 12.1. The van der Waals surface area contributed by atoms with Gasteiger partial charge in [0.1, 0.15) is 0 Å². The van der Waals surface area contributed by atoms with Crippen molar-refractivity contribution in [3.63, 3.8) is 0 Å². The summed E-state index contributed by atoms with van der Waals surface area (Å²) in [4.78, 5) is 17.4. The fraction of sp³-hybridized carbons (Fsp3) is 0.263. The van der Waals surface area contributed by atoms with E-state index in [4.69, 9.17) is 0 Å². The van der Waals surface area contributed by atoms with Gasteiger partial charge in [-0.2, -0.15) is 4.99 Å². The highest BCUT2D eigenvalue weighted by Crippen LogP contribution is 2.22. The van der Waals surface area contributed by atoms with Crippen LogP contribution < -0.4 is 4.80 Å². The molecule has 0 radical (unpaired) electrons. The number of benzene rings is 2. The van der Waals surface area contributed by atoms with Crippen LogP contribution >= 0.6 is 11.3 Å². The zero-order valence-corrected chi connectivity index (χ0v) is 14.7. The maximum Gasteiger partial charge on any atom is 0.252 e. The Hall–Kier alpha value is -2.20. The van der Waals surface area contributed by atoms with Crippen molar-refractivity contribution in [2.75, 3.05) is 0 Å². The number of amides is 1. The lowest BCUT2D eigenvalue weighted by Crippen LogP contribution is -2.14. The summed E-state index contributed by atoms with van der Waals surface area (Å²) in [6, 6.07) is 12.2. The molecule has 0 saturated carbocycles. The SMILES string of the molecule is Cc1ccc(CC(=O)N=c2sc3ccc(C)c(C)c3n2C)cc1. The number of fused-ring (bicyclic) bond motifs is 1. The van der Waals surface area contributed by atoms with E-state index in [1.807, 2.05) is 42.8 Å². The van der Waals surface area contributed by atoms with Crippen molar-refractivity contribution in [2.24, 2.45) is 12.0 Å². The zero-order valence-electron chi connectivity index (χ0n) is 13.9. The third-order valence-electron chi connectivity index (χ3n) is 4.18. The molecule has 0 atom stereocenters. The minimum Gasteiger partial charge on any atom is -0.319 e. The molecule has 118 valence electrons. The smallest absolute Gasteiger partial charge is 0.252 e. The molecule has 0 spiro atoms. The van der Waals surface area contributed by atoms with Gasteiger partial charge in [-0.1, -0.05) is 47.2 Å². The third-order valence-corrected chi connectivity index (χ3v) is 5.28. The average molecular weight is 324 g/mol. The van der Waals surface area contributed by atoms with Gasteiger partial charge >= 0.3 is 0 Å². The third kappa shape index (κ3) is 3.13. The van der Waals surface area contributed by atoms with Gasteiger partial charge < -0.3 is 4.57 Å². The summed E-state index contributed by atoms with van der Waals surface area (Å²) in [5.41, 5.74) is 5.86. The van der Waals surface area contributed by atoms with E-state index in [1.54, 1.807) is 11.3 Å². The Balaban J connectivity index is 1.97. The predicted octanol–water partition coefficient (Wildman–Crippen LogP) is 3.84. The molecular formula is C19H20N2OS. The lowest BCUT2D eigenvalue weighted by Gasteiger charge is -2.03. The number of hydrogen-bond donors (Lipinski definition) is 0. The van der Waals surface area contributed by atoms with Crippen molar-refractivity contribution >= 4 is 27.5 Å². The Morgan fingerprint density at radius 3 is 2.48 bits per heavy atom. The number of rotatable bonds is 2. The molecule has 3 aromatic rings. The Morgan fingerprint density at radius 1 is 1.09 bits per heavy atom. The van der Waals surface area contributed by atoms with Crippen molar-refractivity contribution in [2.45, 2.75) is 27.2 Å². The van der Waals surface area contributed by atoms with Crippen LogP contribution in [-0.4, -0.2) is 10.5 Å². The van der Waals surface area contributed by atoms with E-state index >= 15 is 0 Å². The topological polar surface area (TPSA) is 34.4 Å². The van der Waals surface area contributed by atoms with Gasteiger partial charge in [-0.3, -0.25) is 4.79 Å². The van der Waals surface area contributed by atoms with Gasteiger partial charge in [0.15, 0.2) is 4.80 Å². The fourth-order valence-electron chi connectivity index (χ4n) is 2.66. The molecule has 0 N–H and O–H groups in total. The Labute approximate surface area is 139 Å². The molecule has 0 unspecified atom stereocenters. The van der Waals surface area contributed by atoms with Crippen LogP contribution in [0, 0.1) is 20.8 Å². The molecule has 0 aliphatic carbocycles. The molecule has 4 heteroatoms. The largest absolute Gasteiger partial charge is 0.319 e. The zero-order chi connectivity index (χ0) is 16.6. The highest BCUT2D eigenvalue weighted by Gasteiger charge is 2.09. The summed E-state index contributed by atoms with van der Waals surface area (Å²) in [6.07, 6.45) is 0.340. The number of thiazole rings is 1. The van der Waals surface area contributed by atoms with Crippen LogP contribution in [0.4, 0.5) is 0 Å². The van der Waals surface area contributed by atoms with E-state index in [1.165, 1.54) is 16.7 Å². The summed E-state index contributed by atoms with van der Waals surface area (Å²) in [5.74, 6) is -0.106. The average Bonchev–Trinajstić information content (AvgIpc) is 2.82. The van der Waals surface area contributed by atoms with Crippen LogP contribution in [0.2, 0.25) is 0 Å². The first-order valence-electron chi connectivity index (χ1n) is 7.64. The molecule has 2 aromatic carbocycles. The van der Waals surface area contributed by atoms with Gasteiger partial charge in [0.2, 0.25) is 0 Å². The minimum atomic E-state index is -0.106. The van der Waals surface area contributed by atoms with E-state index in [9.17, 15) is 4.79 Å². The monoisotopic (exact) mass is 324 g/mol. The van der Waals surface area contributed by atoms with E-state index in [0.29, 0.717) is 6.42 Å². The van der Waals surface area contributed by atoms with Gasteiger partial charge in [-0.25, -0.2) is 0 Å². The number of nitrogens with zero attached hydrogens (tertiary/aromatic N) is 2. The first-order valence-corrected chi connectivity index (χ1v) is 8.46. The van der Waals surface area contributed by atoms with Crippen LogP contribution in [0.15, 0.2) is 41.4 Å². The number of aromatic nitrogens is 1. The van der Waals surface area contributed by atoms with Crippen LogP contribution in [0.3, 0.4) is 0 Å². The van der Waals surface area contributed by atoms with Crippen molar-refractivity contribution in [3.05, 3.63) is 63.5 Å². The Morgan fingerprint density at radius 2 is 1.78 bits per heavy atom. The number of carbonyl (C=O) groups is 1. The molecule has 1 amide bonds. The fourth-order valence-corrected chi connectivity index (χ4v) is 3.76. The van der Waals surface area contributed by atoms with Crippen molar-refractivity contribution in [1.82, 2.24) is 4.57 Å². The standard InChI is InChI=1S/C19H20N2OS/c1-12-5-8-15(9-6-12)11-17(22)20-19-21(4)18-14(3)13(2)7-10-16(18)23-19/h5-10H,11H2,1-4H3. The van der Waals surface area contributed by atoms with Gasteiger partial charge in [0.05, 0.1) is 16.6 Å². The molecule has 0 fully saturated rings. The quantitative estimate of drug-likeness (QED) is 0.705. The predicted molar refractivity (Wildman–Crippen MR) is 95.7 cm³/mol. The molecule has 3 nitrogen and oxygen atoms in total. The molecule has 0 aliphatic heterocycles. The van der Waals surface area contributed by atoms with E-state index in [2.05, 4.69) is 31.0 Å². The first kappa shape index (κ1) is 15.7. The summed E-state index contributed by atoms with van der Waals surface area (Å²) >= 11 is 1.56. The second-order valence-electron chi connectivity index (χ2n) is 5.97. The number of aryl methyl sites for hydroxylation is 4. The van der Waals surface area contributed by atoms with Crippen LogP contribution in [0.25, 0.3) is 10.2 Å². The molecule has 0 aliphatic rings. The molecule has 0 saturated heterocycles. The second kappa shape index (κ2) is 6.13. The molecule has 23 heavy (non-hydrogen) atoms. The summed E-state index contributed by atoms with van der Waals surface area (Å²) in [6.45, 7) is 6.26.